The summed E-state index contributed by atoms with van der Waals surface area (Å²) < 4.78 is 10.5. The number of aromatic nitrogens is 3. The summed E-state index contributed by atoms with van der Waals surface area (Å²) in [6, 6.07) is 3.13. The van der Waals surface area contributed by atoms with Crippen molar-refractivity contribution in [1.82, 2.24) is 15.0 Å². The van der Waals surface area contributed by atoms with Crippen molar-refractivity contribution < 1.29 is 14.6 Å². The van der Waals surface area contributed by atoms with Crippen LogP contribution in [-0.4, -0.2) is 26.9 Å². The number of allylic oxidation sites excluding steroid dienone is 1. The van der Waals surface area contributed by atoms with E-state index in [1.165, 1.54) is 10.9 Å². The molecule has 0 amide bonds. The molecule has 0 aliphatic carbocycles. The summed E-state index contributed by atoms with van der Waals surface area (Å²) in [6.45, 7) is 5.74. The van der Waals surface area contributed by atoms with Crippen molar-refractivity contribution >= 4 is 12.2 Å². The minimum atomic E-state index is 0.0203. The first-order valence-electron chi connectivity index (χ1n) is 6.08. The highest BCUT2D eigenvalue weighted by molar-refractivity contribution is 5.60. The van der Waals surface area contributed by atoms with Crippen LogP contribution >= 0.6 is 0 Å². The van der Waals surface area contributed by atoms with E-state index in [0.717, 1.165) is 0 Å². The lowest BCUT2D eigenvalue weighted by Crippen LogP contribution is -1.99. The summed E-state index contributed by atoms with van der Waals surface area (Å²) in [5.74, 6) is 1.09. The van der Waals surface area contributed by atoms with Gasteiger partial charge in [0, 0.05) is 12.1 Å². The van der Waals surface area contributed by atoms with Crippen LogP contribution in [-0.2, 0) is 0 Å². The molecule has 0 unspecified atom stereocenters. The van der Waals surface area contributed by atoms with E-state index in [9.17, 15) is 5.11 Å². The van der Waals surface area contributed by atoms with Crippen LogP contribution in [0.15, 0.2) is 24.8 Å². The maximum Gasteiger partial charge on any atom is 0.231 e. The molecule has 1 aromatic heterocycles. The fraction of sp³-hybridized carbons (Fsp3) is 0.143. The number of phenolic OH excluding ortho intramolecular Hbond substituents is 1. The van der Waals surface area contributed by atoms with Gasteiger partial charge in [-0.25, -0.2) is 0 Å². The van der Waals surface area contributed by atoms with Gasteiger partial charge in [0.05, 0.1) is 0 Å². The molecule has 0 fully saturated rings. The zero-order valence-corrected chi connectivity index (χ0v) is 10.9. The van der Waals surface area contributed by atoms with Gasteiger partial charge in [-0.3, -0.25) is 0 Å². The Morgan fingerprint density at radius 1 is 1.25 bits per heavy atom. The molecular formula is C14H13N3O3. The van der Waals surface area contributed by atoms with E-state index in [1.54, 1.807) is 12.1 Å². The predicted molar refractivity (Wildman–Crippen MR) is 73.9 cm³/mol. The molecule has 1 aromatic carbocycles. The molecule has 6 nitrogen and oxygen atoms in total. The molecule has 0 bridgehead atoms. The Morgan fingerprint density at radius 3 is 2.65 bits per heavy atom. The fourth-order valence-corrected chi connectivity index (χ4v) is 1.94. The molecule has 20 heavy (non-hydrogen) atoms. The molecule has 0 radical (unpaired) electrons. The standard InChI is InChI=1S/C14H13N3O3/c1-3-5-10-9(4-2)15-17(16-10)11-6-13-14(7-12(11)18)20-8-19-13/h3-7,18H,2,8H2,1H3/b5-3-. The predicted octanol–water partition coefficient (Wildman–Crippen LogP) is 2.38. The molecule has 3 rings (SSSR count). The average Bonchev–Trinajstić information content (AvgIpc) is 3.04. The van der Waals surface area contributed by atoms with Gasteiger partial charge in [0.25, 0.3) is 0 Å². The highest BCUT2D eigenvalue weighted by Crippen LogP contribution is 2.38. The van der Waals surface area contributed by atoms with Crippen molar-refractivity contribution in [2.45, 2.75) is 6.92 Å². The number of nitrogens with zero attached hydrogens (tertiary/aromatic N) is 3. The van der Waals surface area contributed by atoms with E-state index in [1.807, 2.05) is 19.1 Å². The third-order valence-corrected chi connectivity index (χ3v) is 2.87. The van der Waals surface area contributed by atoms with Crippen LogP contribution in [0.3, 0.4) is 0 Å². The number of benzene rings is 1. The molecule has 1 aliphatic rings. The van der Waals surface area contributed by atoms with Crippen LogP contribution in [0.1, 0.15) is 18.3 Å². The van der Waals surface area contributed by atoms with Crippen LogP contribution in [0.4, 0.5) is 0 Å². The van der Waals surface area contributed by atoms with E-state index < -0.39 is 0 Å². The van der Waals surface area contributed by atoms with E-state index in [2.05, 4.69) is 16.8 Å². The van der Waals surface area contributed by atoms with Crippen LogP contribution in [0.25, 0.3) is 17.8 Å². The van der Waals surface area contributed by atoms with Crippen molar-refractivity contribution in [3.05, 3.63) is 36.2 Å². The molecule has 2 aromatic rings. The largest absolute Gasteiger partial charge is 0.505 e. The average molecular weight is 271 g/mol. The topological polar surface area (TPSA) is 69.4 Å². The Hall–Kier alpha value is -2.76. The van der Waals surface area contributed by atoms with Gasteiger partial charge in [-0.1, -0.05) is 12.7 Å². The molecule has 1 N–H and O–H groups in total. The van der Waals surface area contributed by atoms with Crippen molar-refractivity contribution in [1.29, 1.82) is 0 Å². The van der Waals surface area contributed by atoms with Crippen LogP contribution in [0.5, 0.6) is 17.2 Å². The summed E-state index contributed by atoms with van der Waals surface area (Å²) in [7, 11) is 0. The van der Waals surface area contributed by atoms with Crippen LogP contribution in [0.2, 0.25) is 0 Å². The van der Waals surface area contributed by atoms with Gasteiger partial charge in [-0.2, -0.15) is 0 Å². The molecule has 102 valence electrons. The summed E-state index contributed by atoms with van der Waals surface area (Å²) >= 11 is 0. The monoisotopic (exact) mass is 271 g/mol. The SMILES string of the molecule is C=Cc1nn(-c2cc3c(cc2O)OCO3)nc1/C=C\C. The maximum atomic E-state index is 10.1. The normalized spacial score (nSPS) is 13.1. The fourth-order valence-electron chi connectivity index (χ4n) is 1.94. The molecule has 0 atom stereocenters. The molecule has 0 saturated carbocycles. The van der Waals surface area contributed by atoms with Gasteiger partial charge >= 0.3 is 0 Å². The molecule has 0 spiro atoms. The van der Waals surface area contributed by atoms with Crippen molar-refractivity contribution in [2.75, 3.05) is 6.79 Å². The Balaban J connectivity index is 2.11. The third-order valence-electron chi connectivity index (χ3n) is 2.87. The zero-order valence-electron chi connectivity index (χ0n) is 10.9. The van der Waals surface area contributed by atoms with Gasteiger partial charge in [-0.05, 0) is 19.1 Å². The first-order chi connectivity index (χ1) is 9.72. The zero-order chi connectivity index (χ0) is 14.1. The number of fused-ring (bicyclic) bond motifs is 1. The smallest absolute Gasteiger partial charge is 0.231 e. The Bertz CT molecular complexity index is 704. The Labute approximate surface area is 115 Å². The summed E-state index contributed by atoms with van der Waals surface area (Å²) in [4.78, 5) is 1.35. The molecule has 6 heteroatoms. The number of hydrogen-bond acceptors (Lipinski definition) is 5. The first-order valence-corrected chi connectivity index (χ1v) is 6.08. The quantitative estimate of drug-likeness (QED) is 0.928. The minimum Gasteiger partial charge on any atom is -0.505 e. The minimum absolute atomic E-state index is 0.0203. The van der Waals surface area contributed by atoms with Crippen molar-refractivity contribution in [3.63, 3.8) is 0 Å². The summed E-state index contributed by atoms with van der Waals surface area (Å²) in [6.07, 6.45) is 5.30. The Morgan fingerprint density at radius 2 is 1.95 bits per heavy atom. The van der Waals surface area contributed by atoms with E-state index in [4.69, 9.17) is 9.47 Å². The number of ether oxygens (including phenoxy) is 2. The highest BCUT2D eigenvalue weighted by Gasteiger charge is 2.19. The lowest BCUT2D eigenvalue weighted by atomic mass is 10.2. The molecule has 1 aliphatic heterocycles. The lowest BCUT2D eigenvalue weighted by Gasteiger charge is -2.04. The van der Waals surface area contributed by atoms with Crippen LogP contribution in [0, 0.1) is 0 Å². The second-order valence-corrected chi connectivity index (χ2v) is 4.16. The molecular weight excluding hydrogens is 258 g/mol. The van der Waals surface area contributed by atoms with E-state index in [-0.39, 0.29) is 12.5 Å². The highest BCUT2D eigenvalue weighted by atomic mass is 16.7. The maximum absolute atomic E-state index is 10.1. The van der Waals surface area contributed by atoms with E-state index >= 15 is 0 Å². The van der Waals surface area contributed by atoms with Crippen LogP contribution < -0.4 is 9.47 Å². The number of rotatable bonds is 3. The van der Waals surface area contributed by atoms with Crippen molar-refractivity contribution in [2.24, 2.45) is 0 Å². The van der Waals surface area contributed by atoms with Gasteiger partial charge in [0.1, 0.15) is 22.8 Å². The summed E-state index contributed by atoms with van der Waals surface area (Å²) in [5.41, 5.74) is 1.74. The number of hydrogen-bond donors (Lipinski definition) is 1. The Kier molecular flexibility index (Phi) is 2.90. The second-order valence-electron chi connectivity index (χ2n) is 4.16. The lowest BCUT2D eigenvalue weighted by molar-refractivity contribution is 0.174. The van der Waals surface area contributed by atoms with Crippen molar-refractivity contribution in [3.8, 4) is 22.9 Å². The second kappa shape index (κ2) is 4.73. The summed E-state index contributed by atoms with van der Waals surface area (Å²) in [5, 5.41) is 18.7. The van der Waals surface area contributed by atoms with Gasteiger partial charge < -0.3 is 14.6 Å². The third kappa shape index (κ3) is 1.91. The first kappa shape index (κ1) is 12.3. The number of phenols is 1. The van der Waals surface area contributed by atoms with E-state index in [0.29, 0.717) is 28.6 Å². The van der Waals surface area contributed by atoms with Gasteiger partial charge in [0.2, 0.25) is 6.79 Å². The van der Waals surface area contributed by atoms with Gasteiger partial charge in [0.15, 0.2) is 11.5 Å². The molecule has 0 saturated heterocycles. The number of aromatic hydroxyl groups is 1. The molecule has 2 heterocycles. The van der Waals surface area contributed by atoms with Gasteiger partial charge in [-0.15, -0.1) is 15.0 Å².